The second-order valence-electron chi connectivity index (χ2n) is 6.48. The van der Waals surface area contributed by atoms with E-state index in [9.17, 15) is 9.59 Å². The molecule has 0 aliphatic carbocycles. The number of ether oxygens (including phenoxy) is 1. The standard InChI is InChI=1S/C20H20N2O4S/c1-13-15-12-14(25-2)5-6-16(15)26-18(13)20(24)22-9-7-21(8-10-22)19(23)17-4-3-11-27-17/h3-6,11-12H,7-10H2,1-2H3. The normalized spacial score (nSPS) is 14.6. The van der Waals surface area contributed by atoms with Crippen molar-refractivity contribution in [3.63, 3.8) is 0 Å². The van der Waals surface area contributed by atoms with Crippen LogP contribution in [0.3, 0.4) is 0 Å². The Labute approximate surface area is 160 Å². The quantitative estimate of drug-likeness (QED) is 0.694. The van der Waals surface area contributed by atoms with Crippen molar-refractivity contribution in [3.05, 3.63) is 51.9 Å². The lowest BCUT2D eigenvalue weighted by Crippen LogP contribution is -2.50. The van der Waals surface area contributed by atoms with Crippen LogP contribution in [0.5, 0.6) is 5.75 Å². The monoisotopic (exact) mass is 384 g/mol. The number of amides is 2. The molecule has 3 heterocycles. The summed E-state index contributed by atoms with van der Waals surface area (Å²) in [6.45, 7) is 3.92. The van der Waals surface area contributed by atoms with E-state index in [1.807, 2.05) is 42.6 Å². The number of hydrogen-bond acceptors (Lipinski definition) is 5. The number of carbonyl (C=O) groups excluding carboxylic acids is 2. The number of fused-ring (bicyclic) bond motifs is 1. The molecule has 0 spiro atoms. The highest BCUT2D eigenvalue weighted by Crippen LogP contribution is 2.29. The Morgan fingerprint density at radius 3 is 2.41 bits per heavy atom. The van der Waals surface area contributed by atoms with Gasteiger partial charge in [0, 0.05) is 37.1 Å². The predicted molar refractivity (Wildman–Crippen MR) is 104 cm³/mol. The van der Waals surface area contributed by atoms with E-state index in [-0.39, 0.29) is 11.8 Å². The van der Waals surface area contributed by atoms with Gasteiger partial charge in [0.25, 0.3) is 11.8 Å². The molecule has 2 amide bonds. The molecule has 1 saturated heterocycles. The van der Waals surface area contributed by atoms with Crippen LogP contribution >= 0.6 is 11.3 Å². The first-order chi connectivity index (χ1) is 13.1. The first-order valence-electron chi connectivity index (χ1n) is 8.77. The Morgan fingerprint density at radius 1 is 1.07 bits per heavy atom. The predicted octanol–water partition coefficient (Wildman–Crippen LogP) is 3.41. The molecule has 1 aliphatic rings. The topological polar surface area (TPSA) is 63.0 Å². The summed E-state index contributed by atoms with van der Waals surface area (Å²) in [5.41, 5.74) is 1.48. The molecule has 0 bridgehead atoms. The highest BCUT2D eigenvalue weighted by molar-refractivity contribution is 7.12. The number of methoxy groups -OCH3 is 1. The highest BCUT2D eigenvalue weighted by atomic mass is 32.1. The Bertz CT molecular complexity index is 985. The molecule has 0 unspecified atom stereocenters. The van der Waals surface area contributed by atoms with Gasteiger partial charge in [-0.05, 0) is 36.6 Å². The van der Waals surface area contributed by atoms with Crippen molar-refractivity contribution < 1.29 is 18.7 Å². The van der Waals surface area contributed by atoms with E-state index in [1.165, 1.54) is 11.3 Å². The van der Waals surface area contributed by atoms with E-state index in [0.29, 0.717) is 37.5 Å². The van der Waals surface area contributed by atoms with Gasteiger partial charge in [-0.3, -0.25) is 9.59 Å². The van der Waals surface area contributed by atoms with E-state index in [1.54, 1.807) is 16.9 Å². The number of benzene rings is 1. The Morgan fingerprint density at radius 2 is 1.78 bits per heavy atom. The van der Waals surface area contributed by atoms with Gasteiger partial charge in [-0.25, -0.2) is 0 Å². The minimum atomic E-state index is -0.133. The zero-order chi connectivity index (χ0) is 19.0. The van der Waals surface area contributed by atoms with Gasteiger partial charge in [-0.2, -0.15) is 0 Å². The molecule has 2 aromatic heterocycles. The highest BCUT2D eigenvalue weighted by Gasteiger charge is 2.29. The van der Waals surface area contributed by atoms with Gasteiger partial charge in [0.2, 0.25) is 0 Å². The first kappa shape index (κ1) is 17.6. The summed E-state index contributed by atoms with van der Waals surface area (Å²) in [6.07, 6.45) is 0. The fourth-order valence-corrected chi connectivity index (χ4v) is 4.03. The van der Waals surface area contributed by atoms with Crippen molar-refractivity contribution in [1.82, 2.24) is 9.80 Å². The third kappa shape index (κ3) is 3.19. The SMILES string of the molecule is COc1ccc2oc(C(=O)N3CCN(C(=O)c4cccs4)CC3)c(C)c2c1. The van der Waals surface area contributed by atoms with Gasteiger partial charge < -0.3 is 19.0 Å². The minimum Gasteiger partial charge on any atom is -0.497 e. The van der Waals surface area contributed by atoms with Crippen LogP contribution in [0.2, 0.25) is 0 Å². The lowest BCUT2D eigenvalue weighted by atomic mass is 10.1. The average molecular weight is 384 g/mol. The molecular formula is C20H20N2O4S. The largest absolute Gasteiger partial charge is 0.497 e. The van der Waals surface area contributed by atoms with E-state index in [0.717, 1.165) is 21.6 Å². The van der Waals surface area contributed by atoms with Crippen molar-refractivity contribution in [3.8, 4) is 5.75 Å². The van der Waals surface area contributed by atoms with E-state index in [2.05, 4.69) is 0 Å². The maximum absolute atomic E-state index is 12.9. The second-order valence-corrected chi connectivity index (χ2v) is 7.43. The smallest absolute Gasteiger partial charge is 0.290 e. The zero-order valence-electron chi connectivity index (χ0n) is 15.2. The van der Waals surface area contributed by atoms with Gasteiger partial charge >= 0.3 is 0 Å². The third-order valence-corrected chi connectivity index (χ3v) is 5.78. The maximum atomic E-state index is 12.9. The van der Waals surface area contributed by atoms with Crippen LogP contribution in [0.15, 0.2) is 40.1 Å². The number of nitrogens with zero attached hydrogens (tertiary/aromatic N) is 2. The van der Waals surface area contributed by atoms with Crippen LogP contribution in [0, 0.1) is 6.92 Å². The average Bonchev–Trinajstić information content (AvgIpc) is 3.35. The van der Waals surface area contributed by atoms with Gasteiger partial charge in [0.05, 0.1) is 12.0 Å². The second kappa shape index (κ2) is 7.08. The number of rotatable bonds is 3. The molecule has 0 N–H and O–H groups in total. The van der Waals surface area contributed by atoms with Crippen LogP contribution in [-0.2, 0) is 0 Å². The van der Waals surface area contributed by atoms with E-state index >= 15 is 0 Å². The van der Waals surface area contributed by atoms with Crippen molar-refractivity contribution in [1.29, 1.82) is 0 Å². The summed E-state index contributed by atoms with van der Waals surface area (Å²) in [5.74, 6) is 0.984. The minimum absolute atomic E-state index is 0.0316. The third-order valence-electron chi connectivity index (χ3n) is 4.92. The molecule has 27 heavy (non-hydrogen) atoms. The molecule has 3 aromatic rings. The Kier molecular flexibility index (Phi) is 4.61. The lowest BCUT2D eigenvalue weighted by Gasteiger charge is -2.34. The molecule has 7 heteroatoms. The molecule has 0 atom stereocenters. The maximum Gasteiger partial charge on any atom is 0.290 e. The molecule has 1 fully saturated rings. The van der Waals surface area contributed by atoms with E-state index in [4.69, 9.17) is 9.15 Å². The van der Waals surface area contributed by atoms with Crippen LogP contribution in [0.25, 0.3) is 11.0 Å². The van der Waals surface area contributed by atoms with Crippen LogP contribution in [0.1, 0.15) is 25.8 Å². The fraction of sp³-hybridized carbons (Fsp3) is 0.300. The van der Waals surface area contributed by atoms with Gasteiger partial charge in [-0.1, -0.05) is 6.07 Å². The van der Waals surface area contributed by atoms with Crippen LogP contribution in [0.4, 0.5) is 0 Å². The lowest BCUT2D eigenvalue weighted by molar-refractivity contribution is 0.0521. The van der Waals surface area contributed by atoms with Gasteiger partial charge in [0.15, 0.2) is 5.76 Å². The first-order valence-corrected chi connectivity index (χ1v) is 9.65. The van der Waals surface area contributed by atoms with Crippen LogP contribution in [-0.4, -0.2) is 54.9 Å². The number of carbonyl (C=O) groups is 2. The number of piperazine rings is 1. The number of thiophene rings is 1. The summed E-state index contributed by atoms with van der Waals surface area (Å²) >= 11 is 1.44. The number of hydrogen-bond donors (Lipinski definition) is 0. The molecule has 6 nitrogen and oxygen atoms in total. The zero-order valence-corrected chi connectivity index (χ0v) is 16.0. The molecule has 4 rings (SSSR count). The molecule has 1 aromatic carbocycles. The fourth-order valence-electron chi connectivity index (χ4n) is 3.34. The summed E-state index contributed by atoms with van der Waals surface area (Å²) in [6, 6.07) is 9.21. The Hall–Kier alpha value is -2.80. The van der Waals surface area contributed by atoms with Crippen molar-refractivity contribution in [2.45, 2.75) is 6.92 Å². The summed E-state index contributed by atoms with van der Waals surface area (Å²) < 4.78 is 11.1. The molecule has 0 saturated carbocycles. The summed E-state index contributed by atoms with van der Waals surface area (Å²) in [5, 5.41) is 2.77. The van der Waals surface area contributed by atoms with Crippen LogP contribution < -0.4 is 4.74 Å². The molecule has 1 aliphatic heterocycles. The Balaban J connectivity index is 1.49. The van der Waals surface area contributed by atoms with Gasteiger partial charge in [-0.15, -0.1) is 11.3 Å². The molecular weight excluding hydrogens is 364 g/mol. The summed E-state index contributed by atoms with van der Waals surface area (Å²) in [7, 11) is 1.61. The summed E-state index contributed by atoms with van der Waals surface area (Å²) in [4.78, 5) is 29.7. The molecule has 140 valence electrons. The van der Waals surface area contributed by atoms with Crippen molar-refractivity contribution >= 4 is 34.1 Å². The van der Waals surface area contributed by atoms with E-state index < -0.39 is 0 Å². The number of furan rings is 1. The molecule has 0 radical (unpaired) electrons. The number of aryl methyl sites for hydroxylation is 1. The van der Waals surface area contributed by atoms with Crippen molar-refractivity contribution in [2.75, 3.05) is 33.3 Å². The van der Waals surface area contributed by atoms with Gasteiger partial charge in [0.1, 0.15) is 11.3 Å². The van der Waals surface area contributed by atoms with Crippen molar-refractivity contribution in [2.24, 2.45) is 0 Å².